The van der Waals surface area contributed by atoms with Gasteiger partial charge in [-0.15, -0.1) is 23.1 Å². The molecule has 0 fully saturated rings. The van der Waals surface area contributed by atoms with Gasteiger partial charge in [-0.05, 0) is 35.6 Å². The van der Waals surface area contributed by atoms with E-state index in [0.717, 1.165) is 17.2 Å². The normalized spacial score (nSPS) is 14.3. The first-order chi connectivity index (χ1) is 9.20. The zero-order valence-electron chi connectivity index (χ0n) is 10.9. The average Bonchev–Trinajstić information content (AvgIpc) is 2.94. The van der Waals surface area contributed by atoms with Crippen molar-refractivity contribution in [3.05, 3.63) is 57.2 Å². The van der Waals surface area contributed by atoms with Gasteiger partial charge in [-0.1, -0.05) is 36.7 Å². The highest BCUT2D eigenvalue weighted by Crippen LogP contribution is 2.37. The van der Waals surface area contributed by atoms with Crippen LogP contribution in [0.5, 0.6) is 0 Å². The number of hydrogen-bond donors (Lipinski definition) is 1. The Hall–Kier alpha value is -0.480. The molecule has 1 aromatic carbocycles. The average molecular weight is 312 g/mol. The fourth-order valence-corrected chi connectivity index (χ4v) is 4.37. The van der Waals surface area contributed by atoms with Crippen molar-refractivity contribution in [1.29, 1.82) is 0 Å². The first kappa shape index (κ1) is 14.9. The van der Waals surface area contributed by atoms with Gasteiger partial charge in [0.1, 0.15) is 0 Å². The molecule has 1 heterocycles. The molecule has 4 heteroatoms. The topological polar surface area (TPSA) is 26.0 Å². The van der Waals surface area contributed by atoms with Crippen molar-refractivity contribution in [1.82, 2.24) is 0 Å². The van der Waals surface area contributed by atoms with Crippen molar-refractivity contribution in [3.63, 3.8) is 0 Å². The second-order valence-corrected chi connectivity index (χ2v) is 6.99. The number of hydrogen-bond acceptors (Lipinski definition) is 3. The Kier molecular flexibility index (Phi) is 5.76. The fraction of sp³-hybridized carbons (Fsp3) is 0.333. The van der Waals surface area contributed by atoms with Crippen molar-refractivity contribution < 1.29 is 0 Å². The van der Waals surface area contributed by atoms with Crippen LogP contribution in [0.15, 0.2) is 41.8 Å². The molecule has 0 spiro atoms. The monoisotopic (exact) mass is 311 g/mol. The Bertz CT molecular complexity index is 481. The van der Waals surface area contributed by atoms with Gasteiger partial charge >= 0.3 is 0 Å². The second kappa shape index (κ2) is 7.34. The Morgan fingerprint density at radius 3 is 2.58 bits per heavy atom. The highest BCUT2D eigenvalue weighted by Gasteiger charge is 2.19. The Morgan fingerprint density at radius 1 is 1.26 bits per heavy atom. The molecule has 2 atom stereocenters. The SMILES string of the molecule is CCC(N)C(SCc1ccc(Cl)cc1)c1cccs1. The van der Waals surface area contributed by atoms with Gasteiger partial charge in [-0.25, -0.2) is 0 Å². The minimum atomic E-state index is 0.205. The van der Waals surface area contributed by atoms with E-state index in [0.29, 0.717) is 5.25 Å². The summed E-state index contributed by atoms with van der Waals surface area (Å²) in [6.45, 7) is 2.15. The van der Waals surface area contributed by atoms with Gasteiger partial charge in [0.25, 0.3) is 0 Å². The van der Waals surface area contributed by atoms with Crippen LogP contribution in [-0.2, 0) is 5.75 Å². The maximum absolute atomic E-state index is 6.26. The van der Waals surface area contributed by atoms with Crippen molar-refractivity contribution in [2.45, 2.75) is 30.4 Å². The van der Waals surface area contributed by atoms with Gasteiger partial charge in [-0.3, -0.25) is 0 Å². The summed E-state index contributed by atoms with van der Waals surface area (Å²) in [4.78, 5) is 1.37. The summed E-state index contributed by atoms with van der Waals surface area (Å²) in [6.07, 6.45) is 0.996. The van der Waals surface area contributed by atoms with E-state index < -0.39 is 0 Å². The predicted molar refractivity (Wildman–Crippen MR) is 88.1 cm³/mol. The van der Waals surface area contributed by atoms with Crippen LogP contribution < -0.4 is 5.73 Å². The number of rotatable bonds is 6. The maximum atomic E-state index is 6.26. The summed E-state index contributed by atoms with van der Waals surface area (Å²) < 4.78 is 0. The molecule has 102 valence electrons. The molecule has 2 N–H and O–H groups in total. The van der Waals surface area contributed by atoms with Crippen molar-refractivity contribution >= 4 is 34.7 Å². The van der Waals surface area contributed by atoms with Crippen molar-refractivity contribution in [2.24, 2.45) is 5.73 Å². The maximum Gasteiger partial charge on any atom is 0.0545 e. The van der Waals surface area contributed by atoms with E-state index in [1.807, 2.05) is 23.9 Å². The van der Waals surface area contributed by atoms with Crippen LogP contribution in [0, 0.1) is 0 Å². The number of benzene rings is 1. The van der Waals surface area contributed by atoms with Crippen LogP contribution in [0.2, 0.25) is 5.02 Å². The summed E-state index contributed by atoms with van der Waals surface area (Å²) in [5.74, 6) is 0.966. The summed E-state index contributed by atoms with van der Waals surface area (Å²) in [5.41, 5.74) is 7.55. The molecule has 0 amide bonds. The second-order valence-electron chi connectivity index (χ2n) is 4.45. The van der Waals surface area contributed by atoms with Gasteiger partial charge in [0, 0.05) is 21.7 Å². The smallest absolute Gasteiger partial charge is 0.0545 e. The van der Waals surface area contributed by atoms with Gasteiger partial charge in [-0.2, -0.15) is 0 Å². The summed E-state index contributed by atoms with van der Waals surface area (Å²) in [7, 11) is 0. The van der Waals surface area contributed by atoms with Gasteiger partial charge < -0.3 is 5.73 Å². The Labute approximate surface area is 128 Å². The lowest BCUT2D eigenvalue weighted by atomic mass is 10.1. The third-order valence-corrected chi connectivity index (χ3v) is 5.85. The molecule has 0 radical (unpaired) electrons. The number of halogens is 1. The lowest BCUT2D eigenvalue weighted by Gasteiger charge is -2.21. The molecular weight excluding hydrogens is 294 g/mol. The largest absolute Gasteiger partial charge is 0.326 e. The molecule has 1 aromatic heterocycles. The molecule has 1 nitrogen and oxygen atoms in total. The van der Waals surface area contributed by atoms with Gasteiger partial charge in [0.15, 0.2) is 0 Å². The lowest BCUT2D eigenvalue weighted by molar-refractivity contribution is 0.640. The Balaban J connectivity index is 2.02. The van der Waals surface area contributed by atoms with E-state index in [9.17, 15) is 0 Å². The van der Waals surface area contributed by atoms with E-state index in [-0.39, 0.29) is 6.04 Å². The molecule has 0 saturated heterocycles. The standard InChI is InChI=1S/C15H18ClNS2/c1-2-13(17)15(14-4-3-9-18-14)19-10-11-5-7-12(16)8-6-11/h3-9,13,15H,2,10,17H2,1H3. The molecular formula is C15H18ClNS2. The Morgan fingerprint density at radius 2 is 2.00 bits per heavy atom. The quantitative estimate of drug-likeness (QED) is 0.802. The van der Waals surface area contributed by atoms with Crippen LogP contribution >= 0.6 is 34.7 Å². The van der Waals surface area contributed by atoms with E-state index in [2.05, 4.69) is 36.6 Å². The third-order valence-electron chi connectivity index (χ3n) is 3.03. The highest BCUT2D eigenvalue weighted by atomic mass is 35.5. The van der Waals surface area contributed by atoms with Crippen LogP contribution in [0.25, 0.3) is 0 Å². The van der Waals surface area contributed by atoms with Gasteiger partial charge in [0.2, 0.25) is 0 Å². The van der Waals surface area contributed by atoms with Crippen LogP contribution in [0.4, 0.5) is 0 Å². The van der Waals surface area contributed by atoms with Crippen molar-refractivity contribution in [3.8, 4) is 0 Å². The fourth-order valence-electron chi connectivity index (χ4n) is 1.85. The minimum Gasteiger partial charge on any atom is -0.326 e. The molecule has 0 aliphatic heterocycles. The molecule has 2 aromatic rings. The number of thioether (sulfide) groups is 1. The number of nitrogens with two attached hydrogens (primary N) is 1. The zero-order chi connectivity index (χ0) is 13.7. The first-order valence-corrected chi connectivity index (χ1v) is 8.66. The van der Waals surface area contributed by atoms with Gasteiger partial charge in [0.05, 0.1) is 5.25 Å². The molecule has 19 heavy (non-hydrogen) atoms. The molecule has 0 aliphatic rings. The van der Waals surface area contributed by atoms with Crippen molar-refractivity contribution in [2.75, 3.05) is 0 Å². The van der Waals surface area contributed by atoms with E-state index in [1.165, 1.54) is 10.4 Å². The lowest BCUT2D eigenvalue weighted by Crippen LogP contribution is -2.25. The van der Waals surface area contributed by atoms with Crippen LogP contribution in [0.1, 0.15) is 29.0 Å². The molecule has 0 bridgehead atoms. The van der Waals surface area contributed by atoms with E-state index >= 15 is 0 Å². The van der Waals surface area contributed by atoms with E-state index in [4.69, 9.17) is 17.3 Å². The molecule has 2 unspecified atom stereocenters. The molecule has 0 aliphatic carbocycles. The highest BCUT2D eigenvalue weighted by molar-refractivity contribution is 7.98. The summed E-state index contributed by atoms with van der Waals surface area (Å²) in [5, 5.41) is 3.28. The molecule has 0 saturated carbocycles. The third kappa shape index (κ3) is 4.25. The number of thiophene rings is 1. The van der Waals surface area contributed by atoms with E-state index in [1.54, 1.807) is 11.3 Å². The molecule has 2 rings (SSSR count). The predicted octanol–water partition coefficient (Wildman–Crippen LogP) is 5.11. The zero-order valence-corrected chi connectivity index (χ0v) is 13.3. The van der Waals surface area contributed by atoms with Crippen LogP contribution in [-0.4, -0.2) is 6.04 Å². The summed E-state index contributed by atoms with van der Waals surface area (Å²) >= 11 is 9.61. The van der Waals surface area contributed by atoms with Crippen LogP contribution in [0.3, 0.4) is 0 Å². The first-order valence-electron chi connectivity index (χ1n) is 6.35. The minimum absolute atomic E-state index is 0.205. The summed E-state index contributed by atoms with van der Waals surface area (Å²) in [6, 6.07) is 12.5.